The summed E-state index contributed by atoms with van der Waals surface area (Å²) < 4.78 is 13.3. The lowest BCUT2D eigenvalue weighted by molar-refractivity contribution is -0.131. The lowest BCUT2D eigenvalue weighted by atomic mass is 9.91. The van der Waals surface area contributed by atoms with Gasteiger partial charge < -0.3 is 4.90 Å². The van der Waals surface area contributed by atoms with Gasteiger partial charge in [-0.3, -0.25) is 19.7 Å². The highest BCUT2D eigenvalue weighted by atomic mass is 19.1. The summed E-state index contributed by atoms with van der Waals surface area (Å²) >= 11 is 0. The second-order valence-electron chi connectivity index (χ2n) is 7.01. The SMILES string of the molecule is O=C(Cc1ccncc1)N1CCC[C@@H](c2nccnc2-c2ccc(F)cc2)C1. The van der Waals surface area contributed by atoms with Crippen molar-refractivity contribution < 1.29 is 9.18 Å². The van der Waals surface area contributed by atoms with E-state index in [1.807, 2.05) is 17.0 Å². The maximum Gasteiger partial charge on any atom is 0.227 e. The molecule has 0 radical (unpaired) electrons. The first-order chi connectivity index (χ1) is 13.7. The third kappa shape index (κ3) is 4.06. The van der Waals surface area contributed by atoms with Crippen LogP contribution in [0.5, 0.6) is 0 Å². The van der Waals surface area contributed by atoms with E-state index in [1.54, 1.807) is 36.9 Å². The normalized spacial score (nSPS) is 16.8. The van der Waals surface area contributed by atoms with Crippen molar-refractivity contribution in [2.24, 2.45) is 0 Å². The summed E-state index contributed by atoms with van der Waals surface area (Å²) in [5.41, 5.74) is 3.44. The van der Waals surface area contributed by atoms with Crippen LogP contribution in [0.15, 0.2) is 61.2 Å². The van der Waals surface area contributed by atoms with Crippen LogP contribution >= 0.6 is 0 Å². The van der Waals surface area contributed by atoms with Crippen LogP contribution in [-0.4, -0.2) is 38.8 Å². The van der Waals surface area contributed by atoms with Crippen molar-refractivity contribution in [1.82, 2.24) is 19.9 Å². The number of piperidine rings is 1. The average Bonchev–Trinajstić information content (AvgIpc) is 2.75. The Morgan fingerprint density at radius 1 is 1.04 bits per heavy atom. The summed E-state index contributed by atoms with van der Waals surface area (Å²) in [6.07, 6.45) is 8.99. The van der Waals surface area contributed by atoms with Crippen molar-refractivity contribution >= 4 is 5.91 Å². The van der Waals surface area contributed by atoms with Crippen molar-refractivity contribution in [2.75, 3.05) is 13.1 Å². The Morgan fingerprint density at radius 3 is 2.57 bits per heavy atom. The number of carbonyl (C=O) groups excluding carboxylic acids is 1. The Hall–Kier alpha value is -3.15. The highest BCUT2D eigenvalue weighted by molar-refractivity contribution is 5.79. The summed E-state index contributed by atoms with van der Waals surface area (Å²) in [6.45, 7) is 1.38. The smallest absolute Gasteiger partial charge is 0.227 e. The van der Waals surface area contributed by atoms with E-state index >= 15 is 0 Å². The lowest BCUT2D eigenvalue weighted by Crippen LogP contribution is -2.40. The molecule has 1 atom stereocenters. The second-order valence-corrected chi connectivity index (χ2v) is 7.01. The van der Waals surface area contributed by atoms with E-state index in [9.17, 15) is 9.18 Å². The minimum absolute atomic E-state index is 0.114. The molecular weight excluding hydrogens is 355 g/mol. The molecule has 1 saturated heterocycles. The number of rotatable bonds is 4. The Morgan fingerprint density at radius 2 is 1.79 bits per heavy atom. The van der Waals surface area contributed by atoms with Gasteiger partial charge in [0.2, 0.25) is 5.91 Å². The van der Waals surface area contributed by atoms with Gasteiger partial charge in [0.1, 0.15) is 5.82 Å². The Labute approximate surface area is 163 Å². The highest BCUT2D eigenvalue weighted by Crippen LogP contribution is 2.32. The fraction of sp³-hybridized carbons (Fsp3) is 0.273. The molecule has 1 fully saturated rings. The molecule has 0 aliphatic carbocycles. The van der Waals surface area contributed by atoms with Gasteiger partial charge in [0, 0.05) is 49.4 Å². The number of nitrogens with zero attached hydrogens (tertiary/aromatic N) is 4. The molecule has 142 valence electrons. The molecule has 0 saturated carbocycles. The Balaban J connectivity index is 1.54. The fourth-order valence-electron chi connectivity index (χ4n) is 3.69. The van der Waals surface area contributed by atoms with Crippen LogP contribution in [0.3, 0.4) is 0 Å². The first-order valence-corrected chi connectivity index (χ1v) is 9.44. The number of likely N-dealkylation sites (tertiary alicyclic amines) is 1. The van der Waals surface area contributed by atoms with Crippen LogP contribution < -0.4 is 0 Å². The van der Waals surface area contributed by atoms with E-state index in [1.165, 1.54) is 12.1 Å². The molecular formula is C22H21FN4O. The van der Waals surface area contributed by atoms with Crippen LogP contribution in [0.25, 0.3) is 11.3 Å². The average molecular weight is 376 g/mol. The standard InChI is InChI=1S/C22H21FN4O/c23-19-5-3-17(4-6-19)21-22(26-12-11-25-21)18-2-1-13-27(15-18)20(28)14-16-7-9-24-10-8-16/h3-12,18H,1-2,13-15H2/t18-/m1/s1. The number of pyridine rings is 1. The zero-order valence-corrected chi connectivity index (χ0v) is 15.5. The predicted octanol–water partition coefficient (Wildman–Crippen LogP) is 3.63. The number of halogens is 1. The van der Waals surface area contributed by atoms with Crippen molar-refractivity contribution in [3.8, 4) is 11.3 Å². The monoisotopic (exact) mass is 376 g/mol. The molecule has 5 nitrogen and oxygen atoms in total. The van der Waals surface area contributed by atoms with Crippen LogP contribution in [0, 0.1) is 5.82 Å². The van der Waals surface area contributed by atoms with Gasteiger partial charge in [0.05, 0.1) is 17.8 Å². The summed E-state index contributed by atoms with van der Waals surface area (Å²) in [7, 11) is 0. The number of carbonyl (C=O) groups is 1. The zero-order valence-electron chi connectivity index (χ0n) is 15.5. The van der Waals surface area contributed by atoms with E-state index in [-0.39, 0.29) is 17.6 Å². The van der Waals surface area contributed by atoms with E-state index in [4.69, 9.17) is 0 Å². The van der Waals surface area contributed by atoms with E-state index < -0.39 is 0 Å². The summed E-state index contributed by atoms with van der Waals surface area (Å²) in [6, 6.07) is 10.0. The zero-order chi connectivity index (χ0) is 19.3. The molecule has 0 unspecified atom stereocenters. The summed E-state index contributed by atoms with van der Waals surface area (Å²) in [4.78, 5) is 27.7. The minimum atomic E-state index is -0.278. The maximum atomic E-state index is 13.3. The largest absolute Gasteiger partial charge is 0.342 e. The minimum Gasteiger partial charge on any atom is -0.342 e. The van der Waals surface area contributed by atoms with Gasteiger partial charge in [0.15, 0.2) is 0 Å². The molecule has 0 N–H and O–H groups in total. The van der Waals surface area contributed by atoms with Crippen LogP contribution in [0.4, 0.5) is 4.39 Å². The third-order valence-corrected chi connectivity index (χ3v) is 5.11. The van der Waals surface area contributed by atoms with Gasteiger partial charge in [-0.2, -0.15) is 0 Å². The van der Waals surface area contributed by atoms with Crippen molar-refractivity contribution in [1.29, 1.82) is 0 Å². The summed E-state index contributed by atoms with van der Waals surface area (Å²) in [5, 5.41) is 0. The van der Waals surface area contributed by atoms with E-state index in [0.29, 0.717) is 13.0 Å². The molecule has 0 bridgehead atoms. The van der Waals surface area contributed by atoms with Gasteiger partial charge in [-0.1, -0.05) is 0 Å². The van der Waals surface area contributed by atoms with Crippen molar-refractivity contribution in [3.63, 3.8) is 0 Å². The fourth-order valence-corrected chi connectivity index (χ4v) is 3.69. The van der Waals surface area contributed by atoms with Gasteiger partial charge in [-0.15, -0.1) is 0 Å². The quantitative estimate of drug-likeness (QED) is 0.698. The molecule has 3 heterocycles. The first kappa shape index (κ1) is 18.2. The number of benzene rings is 1. The lowest BCUT2D eigenvalue weighted by Gasteiger charge is -2.33. The molecule has 28 heavy (non-hydrogen) atoms. The van der Waals surface area contributed by atoms with Gasteiger partial charge in [0.25, 0.3) is 0 Å². The van der Waals surface area contributed by atoms with Crippen molar-refractivity contribution in [2.45, 2.75) is 25.2 Å². The van der Waals surface area contributed by atoms with Crippen LogP contribution in [-0.2, 0) is 11.2 Å². The van der Waals surface area contributed by atoms with Crippen LogP contribution in [0.1, 0.15) is 30.0 Å². The number of hydrogen-bond donors (Lipinski definition) is 0. The predicted molar refractivity (Wildman–Crippen MR) is 104 cm³/mol. The molecule has 1 aliphatic heterocycles. The Bertz CT molecular complexity index is 946. The molecule has 3 aromatic rings. The topological polar surface area (TPSA) is 59.0 Å². The molecule has 1 aromatic carbocycles. The Kier molecular flexibility index (Phi) is 5.37. The maximum absolute atomic E-state index is 13.3. The van der Waals surface area contributed by atoms with Gasteiger partial charge in [-0.25, -0.2) is 4.39 Å². The first-order valence-electron chi connectivity index (χ1n) is 9.44. The third-order valence-electron chi connectivity index (χ3n) is 5.11. The van der Waals surface area contributed by atoms with E-state index in [2.05, 4.69) is 15.0 Å². The second kappa shape index (κ2) is 8.25. The molecule has 2 aromatic heterocycles. The summed E-state index contributed by atoms with van der Waals surface area (Å²) in [5.74, 6) is -0.0493. The van der Waals surface area contributed by atoms with E-state index in [0.717, 1.165) is 41.9 Å². The van der Waals surface area contributed by atoms with Crippen LogP contribution in [0.2, 0.25) is 0 Å². The highest BCUT2D eigenvalue weighted by Gasteiger charge is 2.28. The number of aromatic nitrogens is 3. The molecule has 0 spiro atoms. The number of hydrogen-bond acceptors (Lipinski definition) is 4. The molecule has 1 amide bonds. The van der Waals surface area contributed by atoms with Crippen molar-refractivity contribution in [3.05, 3.63) is 78.3 Å². The van der Waals surface area contributed by atoms with Gasteiger partial charge in [-0.05, 0) is 54.8 Å². The van der Waals surface area contributed by atoms with Gasteiger partial charge >= 0.3 is 0 Å². The molecule has 1 aliphatic rings. The molecule has 6 heteroatoms. The molecule has 4 rings (SSSR count). The number of amides is 1.